The number of hydrogen-bond acceptors (Lipinski definition) is 3. The van der Waals surface area contributed by atoms with E-state index in [1.54, 1.807) is 0 Å². The minimum absolute atomic E-state index is 0. The Kier molecular flexibility index (Phi) is 3.46. The first-order valence-corrected chi connectivity index (χ1v) is 4.95. The van der Waals surface area contributed by atoms with Gasteiger partial charge in [0.2, 0.25) is 5.91 Å². The molecule has 6 heteroatoms. The molecule has 1 N–H and O–H groups in total. The summed E-state index contributed by atoms with van der Waals surface area (Å²) < 4.78 is 0. The summed E-state index contributed by atoms with van der Waals surface area (Å²) in [6.45, 7) is 1.85. The van der Waals surface area contributed by atoms with Crippen molar-refractivity contribution in [2.45, 2.75) is 24.0 Å². The molecular weight excluding hydrogens is 317 g/mol. The Morgan fingerprint density at radius 3 is 2.86 bits per heavy atom. The molecule has 1 fully saturated rings. The number of carbonyl (C=O) groups excluding carboxylic acids is 1. The summed E-state index contributed by atoms with van der Waals surface area (Å²) in [5.74, 6) is -0.915. The number of thioether (sulfide) groups is 1. The van der Waals surface area contributed by atoms with Gasteiger partial charge in [0.1, 0.15) is 0 Å². The maximum absolute atomic E-state index is 11.0. The molecule has 4 nitrogen and oxygen atoms in total. The van der Waals surface area contributed by atoms with Gasteiger partial charge in [-0.1, -0.05) is 0 Å². The summed E-state index contributed by atoms with van der Waals surface area (Å²) in [5, 5.41) is 8.95. The van der Waals surface area contributed by atoms with Gasteiger partial charge in [0.05, 0.1) is 17.4 Å². The molecule has 2 atom stereocenters. The van der Waals surface area contributed by atoms with Crippen LogP contribution in [0, 0.1) is 0 Å². The average Bonchev–Trinajstić information content (AvgIpc) is 2.02. The van der Waals surface area contributed by atoms with Gasteiger partial charge in [0, 0.05) is 11.4 Å². The van der Waals surface area contributed by atoms with Crippen molar-refractivity contribution in [3.05, 3.63) is 11.8 Å². The number of nitrogens with zero attached hydrogens (tertiary/aromatic N) is 1. The molecule has 0 aromatic heterocycles. The lowest BCUT2D eigenvalue weighted by Gasteiger charge is -2.42. The Labute approximate surface area is 103 Å². The smallest absolute Gasteiger partial charge is 0.334 e. The molecule has 78 valence electrons. The predicted octanol–water partition coefficient (Wildman–Crippen LogP) is 1.27. The topological polar surface area (TPSA) is 57.6 Å². The first kappa shape index (κ1) is 11.8. The molecule has 0 bridgehead atoms. The second-order valence-corrected chi connectivity index (χ2v) is 4.65. The Morgan fingerprint density at radius 2 is 2.36 bits per heavy atom. The van der Waals surface area contributed by atoms with E-state index in [-0.39, 0.29) is 40.5 Å². The van der Waals surface area contributed by atoms with Crippen LogP contribution in [0.25, 0.3) is 0 Å². The number of rotatable bonds is 1. The summed E-state index contributed by atoms with van der Waals surface area (Å²) in [6.07, 6.45) is 2.01. The third-order valence-corrected chi connectivity index (χ3v) is 3.64. The zero-order valence-corrected chi connectivity index (χ0v) is 10.6. The van der Waals surface area contributed by atoms with E-state index in [2.05, 4.69) is 0 Å². The molecule has 14 heavy (non-hydrogen) atoms. The van der Waals surface area contributed by atoms with Gasteiger partial charge in [-0.05, 0) is 6.92 Å². The molecule has 0 spiro atoms. The highest BCUT2D eigenvalue weighted by molar-refractivity contribution is 14.0. The van der Waals surface area contributed by atoms with Crippen LogP contribution >= 0.6 is 35.7 Å². The third kappa shape index (κ3) is 1.77. The zero-order chi connectivity index (χ0) is 9.59. The Morgan fingerprint density at radius 1 is 1.71 bits per heavy atom. The Bertz CT molecular complexity index is 318. The molecule has 2 heterocycles. The summed E-state index contributed by atoms with van der Waals surface area (Å²) in [4.78, 5) is 23.3. The standard InChI is InChI=1S/C8H9NO3S.HI/c1-4-5(8(11)12)3-9-6(10)2-7(9)13-4;/h3-4,7H,2H2,1H3,(H,11,12);1H/t4?,7-;/m1./s1. The second-order valence-electron chi connectivity index (χ2n) is 3.13. The largest absolute Gasteiger partial charge is 0.478 e. The van der Waals surface area contributed by atoms with E-state index in [1.807, 2.05) is 6.92 Å². The molecule has 1 saturated heterocycles. The fourth-order valence-corrected chi connectivity index (χ4v) is 2.79. The molecule has 1 unspecified atom stereocenters. The number of halogens is 1. The number of fused-ring (bicyclic) bond motifs is 1. The van der Waals surface area contributed by atoms with Crippen molar-refractivity contribution in [1.82, 2.24) is 4.90 Å². The van der Waals surface area contributed by atoms with E-state index < -0.39 is 5.97 Å². The maximum atomic E-state index is 11.0. The summed E-state index contributed by atoms with van der Waals surface area (Å²) >= 11 is 1.53. The number of carboxylic acids is 1. The van der Waals surface area contributed by atoms with E-state index in [4.69, 9.17) is 5.11 Å². The lowest BCUT2D eigenvalue weighted by Crippen LogP contribution is -2.50. The van der Waals surface area contributed by atoms with E-state index >= 15 is 0 Å². The van der Waals surface area contributed by atoms with Crippen molar-refractivity contribution in [1.29, 1.82) is 0 Å². The highest BCUT2D eigenvalue weighted by Crippen LogP contribution is 2.39. The molecule has 0 aromatic rings. The van der Waals surface area contributed by atoms with Crippen molar-refractivity contribution >= 4 is 47.6 Å². The Balaban J connectivity index is 0.000000980. The van der Waals surface area contributed by atoms with Crippen LogP contribution in [0.2, 0.25) is 0 Å². The number of carboxylic acid groups (broad SMARTS) is 1. The van der Waals surface area contributed by atoms with Crippen LogP contribution in [0.4, 0.5) is 0 Å². The van der Waals surface area contributed by atoms with E-state index in [0.717, 1.165) is 0 Å². The van der Waals surface area contributed by atoms with E-state index in [1.165, 1.54) is 22.9 Å². The van der Waals surface area contributed by atoms with Gasteiger partial charge in [-0.25, -0.2) is 4.79 Å². The van der Waals surface area contributed by atoms with Gasteiger partial charge in [-0.2, -0.15) is 0 Å². The van der Waals surface area contributed by atoms with Gasteiger partial charge in [-0.15, -0.1) is 35.7 Å². The van der Waals surface area contributed by atoms with Crippen LogP contribution in [-0.2, 0) is 9.59 Å². The fourth-order valence-electron chi connectivity index (χ4n) is 1.46. The van der Waals surface area contributed by atoms with Gasteiger partial charge in [-0.3, -0.25) is 4.79 Å². The molecule has 2 rings (SSSR count). The van der Waals surface area contributed by atoms with Crippen molar-refractivity contribution in [2.24, 2.45) is 0 Å². The molecule has 0 saturated carbocycles. The summed E-state index contributed by atoms with van der Waals surface area (Å²) in [7, 11) is 0. The number of aliphatic carboxylic acids is 1. The second kappa shape index (κ2) is 4.09. The van der Waals surface area contributed by atoms with Gasteiger partial charge < -0.3 is 10.0 Å². The lowest BCUT2D eigenvalue weighted by molar-refractivity contribution is -0.138. The van der Waals surface area contributed by atoms with Crippen molar-refractivity contribution < 1.29 is 14.7 Å². The first-order valence-electron chi connectivity index (χ1n) is 4.01. The normalized spacial score (nSPS) is 29.6. The monoisotopic (exact) mass is 327 g/mol. The Hall–Kier alpha value is -0.240. The van der Waals surface area contributed by atoms with Gasteiger partial charge >= 0.3 is 5.97 Å². The number of β-lactam (4-membered cyclic amide) rings is 1. The van der Waals surface area contributed by atoms with Crippen LogP contribution in [-0.4, -0.2) is 32.5 Å². The van der Waals surface area contributed by atoms with Crippen LogP contribution in [0.5, 0.6) is 0 Å². The summed E-state index contributed by atoms with van der Waals surface area (Å²) in [5.41, 5.74) is 0.314. The predicted molar refractivity (Wildman–Crippen MR) is 63.4 cm³/mol. The molecule has 2 aliphatic rings. The number of carbonyl (C=O) groups is 2. The molecule has 0 radical (unpaired) electrons. The average molecular weight is 327 g/mol. The SMILES string of the molecule is CC1S[C@@H]2CC(=O)N2C=C1C(=O)O.I. The van der Waals surface area contributed by atoms with Crippen LogP contribution in [0.3, 0.4) is 0 Å². The summed E-state index contributed by atoms with van der Waals surface area (Å²) in [6, 6.07) is 0. The van der Waals surface area contributed by atoms with Crippen molar-refractivity contribution in [3.63, 3.8) is 0 Å². The third-order valence-electron chi connectivity index (χ3n) is 2.27. The van der Waals surface area contributed by atoms with E-state index in [0.29, 0.717) is 12.0 Å². The fraction of sp³-hybridized carbons (Fsp3) is 0.500. The lowest BCUT2D eigenvalue weighted by atomic mass is 10.1. The minimum atomic E-state index is -0.932. The highest BCUT2D eigenvalue weighted by atomic mass is 127. The molecule has 0 aromatic carbocycles. The molecule has 1 amide bonds. The van der Waals surface area contributed by atoms with Crippen LogP contribution in [0.1, 0.15) is 13.3 Å². The molecule has 0 aliphatic carbocycles. The van der Waals surface area contributed by atoms with Crippen molar-refractivity contribution in [3.8, 4) is 0 Å². The zero-order valence-electron chi connectivity index (χ0n) is 7.47. The highest BCUT2D eigenvalue weighted by Gasteiger charge is 2.41. The number of hydrogen-bond donors (Lipinski definition) is 1. The van der Waals surface area contributed by atoms with Gasteiger partial charge in [0.25, 0.3) is 0 Å². The van der Waals surface area contributed by atoms with Crippen LogP contribution < -0.4 is 0 Å². The van der Waals surface area contributed by atoms with E-state index in [9.17, 15) is 9.59 Å². The van der Waals surface area contributed by atoms with Crippen LogP contribution in [0.15, 0.2) is 11.8 Å². The maximum Gasteiger partial charge on any atom is 0.334 e. The number of amides is 1. The van der Waals surface area contributed by atoms with Gasteiger partial charge in [0.15, 0.2) is 0 Å². The quantitative estimate of drug-likeness (QED) is 0.582. The minimum Gasteiger partial charge on any atom is -0.478 e. The van der Waals surface area contributed by atoms with Crippen molar-refractivity contribution in [2.75, 3.05) is 0 Å². The molecule has 2 aliphatic heterocycles. The molecular formula is C8H10INO3S. The first-order chi connectivity index (χ1) is 6.09.